The fourth-order valence-electron chi connectivity index (χ4n) is 3.35. The van der Waals surface area contributed by atoms with Crippen LogP contribution in [0.4, 0.5) is 10.2 Å². The zero-order valence-electron chi connectivity index (χ0n) is 16.2. The fraction of sp³-hybridized carbons (Fsp3) is 0.300. The molecule has 1 fully saturated rings. The van der Waals surface area contributed by atoms with Gasteiger partial charge in [0.15, 0.2) is 11.6 Å². The number of aromatic nitrogens is 4. The Kier molecular flexibility index (Phi) is 5.11. The second-order valence-electron chi connectivity index (χ2n) is 6.77. The summed E-state index contributed by atoms with van der Waals surface area (Å²) in [7, 11) is 1.41. The van der Waals surface area contributed by atoms with Crippen molar-refractivity contribution in [1.82, 2.24) is 24.5 Å². The first-order valence-corrected chi connectivity index (χ1v) is 9.28. The van der Waals surface area contributed by atoms with Crippen LogP contribution < -0.4 is 9.64 Å². The van der Waals surface area contributed by atoms with Gasteiger partial charge in [0, 0.05) is 44.0 Å². The van der Waals surface area contributed by atoms with Crippen LogP contribution in [0.15, 0.2) is 36.7 Å². The summed E-state index contributed by atoms with van der Waals surface area (Å²) >= 11 is 0. The van der Waals surface area contributed by atoms with Crippen molar-refractivity contribution in [1.29, 1.82) is 0 Å². The van der Waals surface area contributed by atoms with Gasteiger partial charge in [-0.05, 0) is 30.7 Å². The Labute approximate surface area is 167 Å². The number of ether oxygens (including phenoxy) is 1. The Balaban J connectivity index is 1.41. The van der Waals surface area contributed by atoms with Crippen LogP contribution >= 0.6 is 0 Å². The van der Waals surface area contributed by atoms with Crippen LogP contribution in [-0.4, -0.2) is 63.7 Å². The van der Waals surface area contributed by atoms with E-state index >= 15 is 0 Å². The molecule has 0 N–H and O–H groups in total. The number of hydrogen-bond acceptors (Lipinski definition) is 6. The van der Waals surface area contributed by atoms with Crippen LogP contribution in [0.25, 0.3) is 11.9 Å². The summed E-state index contributed by atoms with van der Waals surface area (Å²) in [4.78, 5) is 25.0. The average molecular weight is 396 g/mol. The average Bonchev–Trinajstić information content (AvgIpc) is 3.20. The van der Waals surface area contributed by atoms with Gasteiger partial charge in [-0.1, -0.05) is 6.07 Å². The standard InChI is InChI=1S/C20H21FN6O2/c1-14-11-18(27-20(24-14)22-13-23-27)25-7-9-26(10-8-25)19(28)6-4-15-3-5-17(29-2)16(21)12-15/h3-6,11-13H,7-10H2,1-2H3. The molecular formula is C20H21FN6O2. The lowest BCUT2D eigenvalue weighted by Gasteiger charge is -2.35. The molecule has 1 saturated heterocycles. The van der Waals surface area contributed by atoms with Gasteiger partial charge in [0.2, 0.25) is 5.91 Å². The van der Waals surface area contributed by atoms with E-state index in [1.165, 1.54) is 25.6 Å². The third-order valence-corrected chi connectivity index (χ3v) is 4.87. The lowest BCUT2D eigenvalue weighted by atomic mass is 10.2. The molecule has 0 spiro atoms. The third-order valence-electron chi connectivity index (χ3n) is 4.87. The second-order valence-corrected chi connectivity index (χ2v) is 6.77. The summed E-state index contributed by atoms with van der Waals surface area (Å²) in [5, 5.41) is 4.24. The number of fused-ring (bicyclic) bond motifs is 1. The quantitative estimate of drug-likeness (QED) is 0.628. The number of piperazine rings is 1. The van der Waals surface area contributed by atoms with Crippen molar-refractivity contribution in [2.45, 2.75) is 6.92 Å². The number of nitrogens with zero attached hydrogens (tertiary/aromatic N) is 6. The van der Waals surface area contributed by atoms with E-state index in [1.54, 1.807) is 27.6 Å². The maximum Gasteiger partial charge on any atom is 0.254 e. The summed E-state index contributed by atoms with van der Waals surface area (Å²) in [6.07, 6.45) is 4.57. The lowest BCUT2D eigenvalue weighted by molar-refractivity contribution is -0.126. The normalized spacial score (nSPS) is 14.7. The molecule has 2 aromatic heterocycles. The van der Waals surface area contributed by atoms with Gasteiger partial charge >= 0.3 is 0 Å². The van der Waals surface area contributed by atoms with Crippen molar-refractivity contribution in [3.05, 3.63) is 53.7 Å². The molecule has 1 amide bonds. The predicted octanol–water partition coefficient (Wildman–Crippen LogP) is 1.94. The van der Waals surface area contributed by atoms with Crippen LogP contribution in [0, 0.1) is 12.7 Å². The fourth-order valence-corrected chi connectivity index (χ4v) is 3.35. The Morgan fingerprint density at radius 1 is 1.21 bits per heavy atom. The molecule has 8 nitrogen and oxygen atoms in total. The number of carbonyl (C=O) groups is 1. The molecule has 0 aliphatic carbocycles. The predicted molar refractivity (Wildman–Crippen MR) is 106 cm³/mol. The molecule has 29 heavy (non-hydrogen) atoms. The molecular weight excluding hydrogens is 375 g/mol. The van der Waals surface area contributed by atoms with Gasteiger partial charge in [-0.25, -0.2) is 9.37 Å². The molecule has 0 saturated carbocycles. The zero-order valence-corrected chi connectivity index (χ0v) is 16.2. The van der Waals surface area contributed by atoms with Gasteiger partial charge in [-0.2, -0.15) is 14.6 Å². The number of aryl methyl sites for hydroxylation is 1. The summed E-state index contributed by atoms with van der Waals surface area (Å²) in [5.74, 6) is 1.10. The van der Waals surface area contributed by atoms with Gasteiger partial charge in [0.05, 0.1) is 7.11 Å². The van der Waals surface area contributed by atoms with E-state index in [9.17, 15) is 9.18 Å². The Bertz CT molecular complexity index is 1070. The van der Waals surface area contributed by atoms with Crippen molar-refractivity contribution in [2.24, 2.45) is 0 Å². The van der Waals surface area contributed by atoms with Crippen molar-refractivity contribution in [2.75, 3.05) is 38.2 Å². The minimum Gasteiger partial charge on any atom is -0.494 e. The highest BCUT2D eigenvalue weighted by Crippen LogP contribution is 2.20. The second kappa shape index (κ2) is 7.86. The molecule has 9 heteroatoms. The van der Waals surface area contributed by atoms with E-state index in [1.807, 2.05) is 13.0 Å². The molecule has 3 heterocycles. The number of carbonyl (C=O) groups excluding carboxylic acids is 1. The van der Waals surface area contributed by atoms with Crippen molar-refractivity contribution < 1.29 is 13.9 Å². The van der Waals surface area contributed by atoms with Gasteiger partial charge in [-0.15, -0.1) is 0 Å². The van der Waals surface area contributed by atoms with E-state index in [2.05, 4.69) is 20.0 Å². The Hall–Kier alpha value is -3.49. The molecule has 0 unspecified atom stereocenters. The largest absolute Gasteiger partial charge is 0.494 e. The van der Waals surface area contributed by atoms with E-state index < -0.39 is 5.82 Å². The first-order chi connectivity index (χ1) is 14.0. The number of anilines is 1. The monoisotopic (exact) mass is 396 g/mol. The number of halogens is 1. The molecule has 0 radical (unpaired) electrons. The molecule has 4 rings (SSSR count). The molecule has 3 aromatic rings. The first kappa shape index (κ1) is 18.9. The highest BCUT2D eigenvalue weighted by atomic mass is 19.1. The zero-order chi connectivity index (χ0) is 20.4. The summed E-state index contributed by atoms with van der Waals surface area (Å²) in [6, 6.07) is 6.56. The number of hydrogen-bond donors (Lipinski definition) is 0. The summed E-state index contributed by atoms with van der Waals surface area (Å²) < 4.78 is 20.4. The first-order valence-electron chi connectivity index (χ1n) is 9.28. The Morgan fingerprint density at radius 3 is 2.72 bits per heavy atom. The van der Waals surface area contributed by atoms with Crippen molar-refractivity contribution in [3.8, 4) is 5.75 Å². The van der Waals surface area contributed by atoms with Crippen LogP contribution in [0.5, 0.6) is 5.75 Å². The van der Waals surface area contributed by atoms with Crippen LogP contribution in [0.2, 0.25) is 0 Å². The lowest BCUT2D eigenvalue weighted by Crippen LogP contribution is -2.48. The maximum absolute atomic E-state index is 13.8. The SMILES string of the molecule is COc1ccc(C=CC(=O)N2CCN(c3cc(C)nc4ncnn34)CC2)cc1F. The number of methoxy groups -OCH3 is 1. The summed E-state index contributed by atoms with van der Waals surface area (Å²) in [6.45, 7) is 4.44. The van der Waals surface area contributed by atoms with Gasteiger partial charge in [0.1, 0.15) is 12.1 Å². The molecule has 150 valence electrons. The Morgan fingerprint density at radius 2 is 2.00 bits per heavy atom. The minimum atomic E-state index is -0.456. The minimum absolute atomic E-state index is 0.0994. The molecule has 0 bridgehead atoms. The van der Waals surface area contributed by atoms with Crippen LogP contribution in [0.3, 0.4) is 0 Å². The van der Waals surface area contributed by atoms with E-state index in [4.69, 9.17) is 4.74 Å². The molecule has 1 aliphatic rings. The van der Waals surface area contributed by atoms with Gasteiger partial charge < -0.3 is 14.5 Å². The van der Waals surface area contributed by atoms with E-state index in [-0.39, 0.29) is 11.7 Å². The highest BCUT2D eigenvalue weighted by molar-refractivity contribution is 5.92. The van der Waals surface area contributed by atoms with E-state index in [0.29, 0.717) is 37.5 Å². The van der Waals surface area contributed by atoms with Crippen molar-refractivity contribution in [3.63, 3.8) is 0 Å². The van der Waals surface area contributed by atoms with E-state index in [0.717, 1.165) is 11.5 Å². The molecule has 1 aliphatic heterocycles. The smallest absolute Gasteiger partial charge is 0.254 e. The molecule has 0 atom stereocenters. The molecule has 1 aromatic carbocycles. The number of amides is 1. The number of rotatable bonds is 4. The summed E-state index contributed by atoms with van der Waals surface area (Å²) in [5.41, 5.74) is 1.48. The van der Waals surface area contributed by atoms with Crippen molar-refractivity contribution >= 4 is 23.6 Å². The third kappa shape index (κ3) is 3.89. The number of benzene rings is 1. The highest BCUT2D eigenvalue weighted by Gasteiger charge is 2.22. The van der Waals surface area contributed by atoms with Crippen LogP contribution in [0.1, 0.15) is 11.3 Å². The van der Waals surface area contributed by atoms with Crippen LogP contribution in [-0.2, 0) is 4.79 Å². The topological polar surface area (TPSA) is 75.9 Å². The van der Waals surface area contributed by atoms with Gasteiger partial charge in [-0.3, -0.25) is 4.79 Å². The van der Waals surface area contributed by atoms with Gasteiger partial charge in [0.25, 0.3) is 5.78 Å². The maximum atomic E-state index is 13.8.